The minimum absolute atomic E-state index is 0.221. The average Bonchev–Trinajstić information content (AvgIpc) is 2.68. The van der Waals surface area contributed by atoms with Crippen LogP contribution in [0, 0.1) is 0 Å². The molecule has 1 heterocycles. The molecule has 0 aliphatic heterocycles. The second kappa shape index (κ2) is 5.51. The van der Waals surface area contributed by atoms with Crippen LogP contribution in [0.5, 0.6) is 0 Å². The van der Waals surface area contributed by atoms with Gasteiger partial charge in [-0.15, -0.1) is 11.3 Å². The molecular formula is C12H13NO2S2. The van der Waals surface area contributed by atoms with Crippen molar-refractivity contribution in [3.8, 4) is 0 Å². The molecule has 1 unspecified atom stereocenters. The molecule has 5 heteroatoms. The summed E-state index contributed by atoms with van der Waals surface area (Å²) in [6, 6.07) is 8.03. The van der Waals surface area contributed by atoms with Gasteiger partial charge < -0.3 is 5.11 Å². The maximum atomic E-state index is 10.5. The van der Waals surface area contributed by atoms with Gasteiger partial charge in [-0.1, -0.05) is 30.8 Å². The molecule has 1 atom stereocenters. The normalized spacial score (nSPS) is 12.8. The molecule has 0 aliphatic carbocycles. The van der Waals surface area contributed by atoms with Crippen LogP contribution < -0.4 is 0 Å². The predicted molar refractivity (Wildman–Crippen MR) is 71.8 cm³/mol. The predicted octanol–water partition coefficient (Wildman–Crippen LogP) is 3.64. The van der Waals surface area contributed by atoms with E-state index in [-0.39, 0.29) is 11.7 Å². The zero-order valence-corrected chi connectivity index (χ0v) is 11.1. The van der Waals surface area contributed by atoms with E-state index in [0.717, 1.165) is 9.86 Å². The largest absolute Gasteiger partial charge is 0.481 e. The van der Waals surface area contributed by atoms with Gasteiger partial charge in [-0.25, -0.2) is 4.98 Å². The number of nitrogens with zero attached hydrogens (tertiary/aromatic N) is 1. The van der Waals surface area contributed by atoms with Crippen LogP contribution in [0.4, 0.5) is 0 Å². The molecule has 0 saturated carbocycles. The van der Waals surface area contributed by atoms with Gasteiger partial charge in [0.25, 0.3) is 0 Å². The summed E-state index contributed by atoms with van der Waals surface area (Å²) in [5, 5.41) is 8.90. The number of aromatic nitrogens is 1. The number of hydrogen-bond donors (Lipinski definition) is 1. The fourth-order valence-corrected chi connectivity index (χ4v) is 3.84. The first-order valence-electron chi connectivity index (χ1n) is 5.39. The Labute approximate surface area is 108 Å². The molecule has 0 saturated heterocycles. The van der Waals surface area contributed by atoms with Gasteiger partial charge in [0.15, 0.2) is 4.34 Å². The minimum atomic E-state index is -0.734. The van der Waals surface area contributed by atoms with E-state index in [0.29, 0.717) is 6.42 Å². The summed E-state index contributed by atoms with van der Waals surface area (Å²) in [5.41, 5.74) is 1.02. The van der Waals surface area contributed by atoms with Crippen molar-refractivity contribution in [2.45, 2.75) is 29.4 Å². The molecule has 1 N–H and O–H groups in total. The maximum Gasteiger partial charge on any atom is 0.303 e. The van der Waals surface area contributed by atoms with Gasteiger partial charge in [0.2, 0.25) is 0 Å². The Balaban J connectivity index is 2.00. The van der Waals surface area contributed by atoms with Crippen LogP contribution in [-0.2, 0) is 4.79 Å². The molecule has 0 amide bonds. The third-order valence-corrected chi connectivity index (χ3v) is 4.64. The van der Waals surface area contributed by atoms with Gasteiger partial charge in [0.1, 0.15) is 0 Å². The summed E-state index contributed by atoms with van der Waals surface area (Å²) in [7, 11) is 0. The Morgan fingerprint density at radius 1 is 1.53 bits per heavy atom. The monoisotopic (exact) mass is 267 g/mol. The number of carbonyl (C=O) groups is 1. The van der Waals surface area contributed by atoms with Gasteiger partial charge in [-0.3, -0.25) is 4.79 Å². The minimum Gasteiger partial charge on any atom is -0.481 e. The van der Waals surface area contributed by atoms with E-state index in [9.17, 15) is 4.79 Å². The van der Waals surface area contributed by atoms with Crippen molar-refractivity contribution < 1.29 is 9.90 Å². The molecule has 3 nitrogen and oxygen atoms in total. The Morgan fingerprint density at radius 3 is 3.00 bits per heavy atom. The number of fused-ring (bicyclic) bond motifs is 1. The summed E-state index contributed by atoms with van der Waals surface area (Å²) < 4.78 is 2.20. The number of para-hydroxylation sites is 1. The number of hydrogen-bond acceptors (Lipinski definition) is 4. The summed E-state index contributed by atoms with van der Waals surface area (Å²) in [4.78, 5) is 15.0. The molecule has 90 valence electrons. The van der Waals surface area contributed by atoms with Crippen molar-refractivity contribution in [3.05, 3.63) is 24.3 Å². The fraction of sp³-hybridized carbons (Fsp3) is 0.333. The van der Waals surface area contributed by atoms with Crippen LogP contribution in [0.15, 0.2) is 28.6 Å². The van der Waals surface area contributed by atoms with Crippen LogP contribution in [0.3, 0.4) is 0 Å². The molecular weight excluding hydrogens is 254 g/mol. The second-order valence-corrected chi connectivity index (χ2v) is 6.52. The number of benzene rings is 1. The van der Waals surface area contributed by atoms with E-state index >= 15 is 0 Å². The SMILES string of the molecule is CC(CCC(=O)O)Sc1nc2ccccc2s1. The van der Waals surface area contributed by atoms with Gasteiger partial charge in [-0.05, 0) is 18.6 Å². The van der Waals surface area contributed by atoms with E-state index in [4.69, 9.17) is 5.11 Å². The lowest BCUT2D eigenvalue weighted by Gasteiger charge is -2.05. The summed E-state index contributed by atoms with van der Waals surface area (Å²) >= 11 is 3.32. The van der Waals surface area contributed by atoms with Crippen molar-refractivity contribution in [1.82, 2.24) is 4.98 Å². The van der Waals surface area contributed by atoms with Crippen molar-refractivity contribution in [2.24, 2.45) is 0 Å². The van der Waals surface area contributed by atoms with E-state index in [1.807, 2.05) is 25.1 Å². The second-order valence-electron chi connectivity index (χ2n) is 3.81. The van der Waals surface area contributed by atoms with E-state index in [1.165, 1.54) is 4.70 Å². The molecule has 0 fully saturated rings. The van der Waals surface area contributed by atoms with Crippen LogP contribution in [0.1, 0.15) is 19.8 Å². The van der Waals surface area contributed by atoms with Crippen molar-refractivity contribution in [1.29, 1.82) is 0 Å². The average molecular weight is 267 g/mol. The van der Waals surface area contributed by atoms with Gasteiger partial charge in [0, 0.05) is 11.7 Å². The molecule has 0 aliphatic rings. The van der Waals surface area contributed by atoms with Crippen LogP contribution in [0.2, 0.25) is 0 Å². The number of thioether (sulfide) groups is 1. The summed E-state index contributed by atoms with van der Waals surface area (Å²) in [6.45, 7) is 2.04. The van der Waals surface area contributed by atoms with Crippen molar-refractivity contribution in [3.63, 3.8) is 0 Å². The highest BCUT2D eigenvalue weighted by molar-refractivity contribution is 8.01. The van der Waals surface area contributed by atoms with E-state index in [2.05, 4.69) is 11.1 Å². The number of carboxylic acids is 1. The number of carboxylic acid groups (broad SMARTS) is 1. The highest BCUT2D eigenvalue weighted by Gasteiger charge is 2.10. The Bertz CT molecular complexity index is 491. The van der Waals surface area contributed by atoms with Crippen LogP contribution in [-0.4, -0.2) is 21.3 Å². The van der Waals surface area contributed by atoms with Gasteiger partial charge >= 0.3 is 5.97 Å². The molecule has 1 aromatic carbocycles. The highest BCUT2D eigenvalue weighted by atomic mass is 32.2. The molecule has 17 heavy (non-hydrogen) atoms. The number of rotatable bonds is 5. The zero-order chi connectivity index (χ0) is 12.3. The molecule has 0 spiro atoms. The maximum absolute atomic E-state index is 10.5. The van der Waals surface area contributed by atoms with Crippen molar-refractivity contribution >= 4 is 39.3 Å². The fourth-order valence-electron chi connectivity index (χ4n) is 1.46. The lowest BCUT2D eigenvalue weighted by Crippen LogP contribution is -2.01. The topological polar surface area (TPSA) is 50.2 Å². The molecule has 2 rings (SSSR count). The van der Waals surface area contributed by atoms with Crippen LogP contribution >= 0.6 is 23.1 Å². The number of aliphatic carboxylic acids is 1. The first kappa shape index (κ1) is 12.4. The zero-order valence-electron chi connectivity index (χ0n) is 9.42. The highest BCUT2D eigenvalue weighted by Crippen LogP contribution is 2.33. The third kappa shape index (κ3) is 3.44. The third-order valence-electron chi connectivity index (χ3n) is 2.34. The summed E-state index contributed by atoms with van der Waals surface area (Å²) in [5.74, 6) is -0.734. The Morgan fingerprint density at radius 2 is 2.29 bits per heavy atom. The first-order valence-corrected chi connectivity index (χ1v) is 7.09. The standard InChI is InChI=1S/C12H13NO2S2/c1-8(6-7-11(14)15)16-12-13-9-4-2-3-5-10(9)17-12/h2-5,8H,6-7H2,1H3,(H,14,15). The Hall–Kier alpha value is -1.07. The lowest BCUT2D eigenvalue weighted by molar-refractivity contribution is -0.137. The molecule has 0 radical (unpaired) electrons. The first-order chi connectivity index (χ1) is 8.15. The van der Waals surface area contributed by atoms with Gasteiger partial charge in [0.05, 0.1) is 10.2 Å². The quantitative estimate of drug-likeness (QED) is 0.840. The van der Waals surface area contributed by atoms with E-state index in [1.54, 1.807) is 23.1 Å². The van der Waals surface area contributed by atoms with Gasteiger partial charge in [-0.2, -0.15) is 0 Å². The van der Waals surface area contributed by atoms with E-state index < -0.39 is 5.97 Å². The smallest absolute Gasteiger partial charge is 0.303 e. The van der Waals surface area contributed by atoms with Crippen molar-refractivity contribution in [2.75, 3.05) is 0 Å². The molecule has 2 aromatic rings. The Kier molecular flexibility index (Phi) is 4.02. The molecule has 0 bridgehead atoms. The molecule has 1 aromatic heterocycles. The van der Waals surface area contributed by atoms with Crippen LogP contribution in [0.25, 0.3) is 10.2 Å². The summed E-state index contributed by atoms with van der Waals surface area (Å²) in [6.07, 6.45) is 0.898. The number of thiazole rings is 1. The lowest BCUT2D eigenvalue weighted by atomic mass is 10.2.